The Labute approximate surface area is 108 Å². The topological polar surface area (TPSA) is 75.4 Å². The van der Waals surface area contributed by atoms with Crippen molar-refractivity contribution in [3.63, 3.8) is 0 Å². The van der Waals surface area contributed by atoms with Crippen LogP contribution in [0, 0.1) is 6.92 Å². The van der Waals surface area contributed by atoms with Gasteiger partial charge in [0, 0.05) is 18.2 Å². The average molecular weight is 250 g/mol. The van der Waals surface area contributed by atoms with E-state index in [1.165, 1.54) is 0 Å². The summed E-state index contributed by atoms with van der Waals surface area (Å²) < 4.78 is 0. The molecule has 1 amide bonds. The lowest BCUT2D eigenvalue weighted by Crippen LogP contribution is -2.29. The van der Waals surface area contributed by atoms with E-state index in [2.05, 4.69) is 5.32 Å². The fourth-order valence-electron chi connectivity index (χ4n) is 1.93. The molecule has 2 atom stereocenters. The minimum absolute atomic E-state index is 0.250. The van der Waals surface area contributed by atoms with Crippen LogP contribution in [0.3, 0.4) is 0 Å². The second-order valence-electron chi connectivity index (χ2n) is 4.87. The van der Waals surface area contributed by atoms with Crippen LogP contribution in [0.2, 0.25) is 0 Å². The van der Waals surface area contributed by atoms with E-state index in [1.807, 2.05) is 19.9 Å². The average Bonchev–Trinajstić information content (AvgIpc) is 2.26. The maximum atomic E-state index is 11.0. The molecule has 0 saturated heterocycles. The maximum absolute atomic E-state index is 11.0. The van der Waals surface area contributed by atoms with Crippen molar-refractivity contribution in [2.75, 3.05) is 0 Å². The first-order valence-electron chi connectivity index (χ1n) is 6.21. The first-order valence-corrected chi connectivity index (χ1v) is 6.21. The molecule has 18 heavy (non-hydrogen) atoms. The summed E-state index contributed by atoms with van der Waals surface area (Å²) in [5, 5.41) is 12.6. The molecular weight excluding hydrogens is 228 g/mol. The van der Waals surface area contributed by atoms with Crippen LogP contribution in [0.15, 0.2) is 18.2 Å². The van der Waals surface area contributed by atoms with Crippen LogP contribution in [-0.2, 0) is 6.54 Å². The Hall–Kier alpha value is -1.39. The number of rotatable bonds is 6. The summed E-state index contributed by atoms with van der Waals surface area (Å²) in [5.74, 6) is -0.403. The molecule has 0 aliphatic carbocycles. The van der Waals surface area contributed by atoms with Crippen molar-refractivity contribution in [2.45, 2.75) is 45.9 Å². The van der Waals surface area contributed by atoms with E-state index in [-0.39, 0.29) is 12.1 Å². The normalized spacial score (nSPS) is 14.2. The van der Waals surface area contributed by atoms with Gasteiger partial charge < -0.3 is 16.2 Å². The number of nitrogens with one attached hydrogen (secondary N) is 1. The van der Waals surface area contributed by atoms with Gasteiger partial charge in [-0.3, -0.25) is 4.79 Å². The highest BCUT2D eigenvalue weighted by Crippen LogP contribution is 2.11. The highest BCUT2D eigenvalue weighted by atomic mass is 16.3. The van der Waals surface area contributed by atoms with Gasteiger partial charge in [0.1, 0.15) is 0 Å². The zero-order valence-corrected chi connectivity index (χ0v) is 11.2. The standard InChI is InChI=1S/C14H22N2O2/c1-9-6-12(14(15)18)4-5-13(9)8-16-10(2)7-11(3)17/h4-6,10-11,16-17H,7-8H2,1-3H3,(H2,15,18). The monoisotopic (exact) mass is 250 g/mol. The van der Waals surface area contributed by atoms with Gasteiger partial charge >= 0.3 is 0 Å². The first kappa shape index (κ1) is 14.7. The molecule has 1 rings (SSSR count). The number of primary amides is 1. The minimum Gasteiger partial charge on any atom is -0.393 e. The Morgan fingerprint density at radius 1 is 1.44 bits per heavy atom. The molecule has 0 aliphatic rings. The van der Waals surface area contributed by atoms with Gasteiger partial charge in [0.05, 0.1) is 6.10 Å². The van der Waals surface area contributed by atoms with Gasteiger partial charge in [0.2, 0.25) is 5.91 Å². The van der Waals surface area contributed by atoms with Crippen molar-refractivity contribution in [3.05, 3.63) is 34.9 Å². The number of aryl methyl sites for hydroxylation is 1. The van der Waals surface area contributed by atoms with Crippen molar-refractivity contribution in [2.24, 2.45) is 5.73 Å². The molecule has 0 aromatic heterocycles. The summed E-state index contributed by atoms with van der Waals surface area (Å²) >= 11 is 0. The lowest BCUT2D eigenvalue weighted by molar-refractivity contribution is 0.1000. The van der Waals surface area contributed by atoms with E-state index in [0.717, 1.165) is 24.1 Å². The van der Waals surface area contributed by atoms with Crippen molar-refractivity contribution in [1.82, 2.24) is 5.32 Å². The van der Waals surface area contributed by atoms with Crippen LogP contribution in [0.5, 0.6) is 0 Å². The number of carbonyl (C=O) groups excluding carboxylic acids is 1. The Bertz CT molecular complexity index is 416. The van der Waals surface area contributed by atoms with Gasteiger partial charge in [-0.1, -0.05) is 6.07 Å². The molecule has 2 unspecified atom stereocenters. The largest absolute Gasteiger partial charge is 0.393 e. The van der Waals surface area contributed by atoms with Gasteiger partial charge in [-0.2, -0.15) is 0 Å². The predicted molar refractivity (Wildman–Crippen MR) is 72.3 cm³/mol. The van der Waals surface area contributed by atoms with Crippen LogP contribution < -0.4 is 11.1 Å². The molecular formula is C14H22N2O2. The minimum atomic E-state index is -0.403. The fraction of sp³-hybridized carbons (Fsp3) is 0.500. The Kier molecular flexibility index (Phi) is 5.31. The molecule has 100 valence electrons. The summed E-state index contributed by atoms with van der Waals surface area (Å²) in [6.07, 6.45) is 0.420. The molecule has 0 bridgehead atoms. The van der Waals surface area contributed by atoms with Crippen LogP contribution in [0.25, 0.3) is 0 Å². The maximum Gasteiger partial charge on any atom is 0.248 e. The molecule has 1 aromatic rings. The zero-order valence-electron chi connectivity index (χ0n) is 11.2. The van der Waals surface area contributed by atoms with Crippen LogP contribution in [-0.4, -0.2) is 23.2 Å². The summed E-state index contributed by atoms with van der Waals surface area (Å²) in [4.78, 5) is 11.0. The van der Waals surface area contributed by atoms with Crippen molar-refractivity contribution < 1.29 is 9.90 Å². The predicted octanol–water partition coefficient (Wildman–Crippen LogP) is 1.34. The van der Waals surface area contributed by atoms with Crippen molar-refractivity contribution in [1.29, 1.82) is 0 Å². The Morgan fingerprint density at radius 3 is 2.61 bits per heavy atom. The van der Waals surface area contributed by atoms with E-state index in [9.17, 15) is 9.90 Å². The highest BCUT2D eigenvalue weighted by molar-refractivity contribution is 5.93. The van der Waals surface area contributed by atoms with Gasteiger partial charge in [-0.25, -0.2) is 0 Å². The molecule has 0 heterocycles. The van der Waals surface area contributed by atoms with E-state index in [0.29, 0.717) is 5.56 Å². The van der Waals surface area contributed by atoms with E-state index in [1.54, 1.807) is 19.1 Å². The van der Waals surface area contributed by atoms with Crippen molar-refractivity contribution >= 4 is 5.91 Å². The van der Waals surface area contributed by atoms with E-state index < -0.39 is 5.91 Å². The molecule has 0 saturated carbocycles. The molecule has 0 radical (unpaired) electrons. The molecule has 0 fully saturated rings. The second kappa shape index (κ2) is 6.52. The smallest absolute Gasteiger partial charge is 0.248 e. The third kappa shape index (κ3) is 4.47. The molecule has 0 spiro atoms. The number of nitrogens with two attached hydrogens (primary N) is 1. The summed E-state index contributed by atoms with van der Waals surface area (Å²) in [5.41, 5.74) is 7.94. The number of hydrogen-bond acceptors (Lipinski definition) is 3. The lowest BCUT2D eigenvalue weighted by Gasteiger charge is -2.16. The molecule has 0 aliphatic heterocycles. The quantitative estimate of drug-likeness (QED) is 0.713. The number of carbonyl (C=O) groups is 1. The second-order valence-corrected chi connectivity index (χ2v) is 4.87. The Balaban J connectivity index is 2.60. The summed E-state index contributed by atoms with van der Waals surface area (Å²) in [7, 11) is 0. The fourth-order valence-corrected chi connectivity index (χ4v) is 1.93. The number of benzene rings is 1. The molecule has 1 aromatic carbocycles. The van der Waals surface area contributed by atoms with Gasteiger partial charge in [-0.05, 0) is 50.5 Å². The van der Waals surface area contributed by atoms with Crippen LogP contribution in [0.4, 0.5) is 0 Å². The highest BCUT2D eigenvalue weighted by Gasteiger charge is 2.07. The summed E-state index contributed by atoms with van der Waals surface area (Å²) in [6.45, 7) is 6.51. The summed E-state index contributed by atoms with van der Waals surface area (Å²) in [6, 6.07) is 5.71. The number of aliphatic hydroxyl groups excluding tert-OH is 1. The number of amides is 1. The van der Waals surface area contributed by atoms with E-state index >= 15 is 0 Å². The number of aliphatic hydroxyl groups is 1. The van der Waals surface area contributed by atoms with Crippen LogP contribution >= 0.6 is 0 Å². The van der Waals surface area contributed by atoms with Gasteiger partial charge in [0.25, 0.3) is 0 Å². The lowest BCUT2D eigenvalue weighted by atomic mass is 10.0. The third-order valence-corrected chi connectivity index (χ3v) is 2.96. The van der Waals surface area contributed by atoms with Gasteiger partial charge in [-0.15, -0.1) is 0 Å². The zero-order chi connectivity index (χ0) is 13.7. The Morgan fingerprint density at radius 2 is 2.11 bits per heavy atom. The first-order chi connectivity index (χ1) is 8.40. The van der Waals surface area contributed by atoms with Crippen molar-refractivity contribution in [3.8, 4) is 0 Å². The molecule has 4 nitrogen and oxygen atoms in total. The molecule has 4 N–H and O–H groups in total. The van der Waals surface area contributed by atoms with Gasteiger partial charge in [0.15, 0.2) is 0 Å². The number of hydrogen-bond donors (Lipinski definition) is 3. The molecule has 4 heteroatoms. The SMILES string of the molecule is Cc1cc(C(N)=O)ccc1CNC(C)CC(C)O. The third-order valence-electron chi connectivity index (χ3n) is 2.96. The van der Waals surface area contributed by atoms with Crippen LogP contribution in [0.1, 0.15) is 41.8 Å². The van der Waals surface area contributed by atoms with E-state index in [4.69, 9.17) is 5.73 Å².